The van der Waals surface area contributed by atoms with Gasteiger partial charge >= 0.3 is 0 Å². The Bertz CT molecular complexity index is 1120. The summed E-state index contributed by atoms with van der Waals surface area (Å²) in [4.78, 5) is 17.2. The number of piperazine rings is 1. The van der Waals surface area contributed by atoms with E-state index in [2.05, 4.69) is 58.4 Å². The molecule has 0 radical (unpaired) electrons. The van der Waals surface area contributed by atoms with Crippen LogP contribution in [0.5, 0.6) is 0 Å². The van der Waals surface area contributed by atoms with Crippen molar-refractivity contribution in [3.63, 3.8) is 0 Å². The number of nitrogens with one attached hydrogen (secondary N) is 1. The molecule has 0 spiro atoms. The highest BCUT2D eigenvalue weighted by Crippen LogP contribution is 2.39. The van der Waals surface area contributed by atoms with Gasteiger partial charge in [-0.1, -0.05) is 42.0 Å². The third kappa shape index (κ3) is 5.03. The van der Waals surface area contributed by atoms with Crippen molar-refractivity contribution in [3.05, 3.63) is 65.7 Å². The molecule has 2 aliphatic rings. The molecule has 2 atom stereocenters. The number of carbonyl (C=O) groups excluding carboxylic acids is 1. The molecule has 1 amide bonds. The first-order chi connectivity index (χ1) is 15.7. The van der Waals surface area contributed by atoms with Gasteiger partial charge in [0.2, 0.25) is 5.91 Å². The zero-order valence-corrected chi connectivity index (χ0v) is 19.4. The third-order valence-corrected chi connectivity index (χ3v) is 7.42. The van der Waals surface area contributed by atoms with Crippen LogP contribution in [0, 0.1) is 18.8 Å². The van der Waals surface area contributed by atoms with Gasteiger partial charge in [-0.05, 0) is 60.5 Å². The Morgan fingerprint density at radius 1 is 1.12 bits per heavy atom. The predicted molar refractivity (Wildman–Crippen MR) is 133 cm³/mol. The van der Waals surface area contributed by atoms with E-state index in [-0.39, 0.29) is 5.91 Å². The number of nitrogens with zero attached hydrogens (tertiary/aromatic N) is 3. The molecule has 1 saturated carbocycles. The highest BCUT2D eigenvalue weighted by atomic mass is 32.1. The van der Waals surface area contributed by atoms with Gasteiger partial charge in [-0.15, -0.1) is 0 Å². The van der Waals surface area contributed by atoms with Crippen molar-refractivity contribution in [2.24, 2.45) is 11.8 Å². The zero-order chi connectivity index (χ0) is 21.9. The molecule has 1 saturated heterocycles. The number of carbonyl (C=O) groups is 1. The maximum Gasteiger partial charge on any atom is 0.244 e. The van der Waals surface area contributed by atoms with Crippen molar-refractivity contribution < 1.29 is 4.79 Å². The van der Waals surface area contributed by atoms with Crippen LogP contribution in [0.15, 0.2) is 54.6 Å². The number of hydrogen-bond acceptors (Lipinski definition) is 5. The normalized spacial score (nSPS) is 21.3. The lowest BCUT2D eigenvalue weighted by molar-refractivity contribution is -0.116. The Morgan fingerprint density at radius 2 is 1.97 bits per heavy atom. The van der Waals surface area contributed by atoms with Crippen LogP contribution in [-0.2, 0) is 4.79 Å². The smallest absolute Gasteiger partial charge is 0.244 e. The van der Waals surface area contributed by atoms with Gasteiger partial charge in [0.25, 0.3) is 0 Å². The summed E-state index contributed by atoms with van der Waals surface area (Å²) in [5.41, 5.74) is 2.27. The summed E-state index contributed by atoms with van der Waals surface area (Å²) in [5.74, 6) is 2.48. The first kappa shape index (κ1) is 21.2. The number of aryl methyl sites for hydroxylation is 1. The van der Waals surface area contributed by atoms with E-state index in [1.807, 2.05) is 18.2 Å². The molecule has 1 N–H and O–H groups in total. The van der Waals surface area contributed by atoms with Crippen molar-refractivity contribution in [3.8, 4) is 0 Å². The van der Waals surface area contributed by atoms with E-state index >= 15 is 0 Å². The quantitative estimate of drug-likeness (QED) is 0.553. The van der Waals surface area contributed by atoms with E-state index in [1.54, 1.807) is 17.6 Å². The monoisotopic (exact) mass is 446 g/mol. The van der Waals surface area contributed by atoms with Crippen LogP contribution in [0.25, 0.3) is 16.2 Å². The second kappa shape index (κ2) is 9.43. The van der Waals surface area contributed by atoms with Crippen LogP contribution in [-0.4, -0.2) is 54.4 Å². The molecule has 166 valence electrons. The van der Waals surface area contributed by atoms with Crippen LogP contribution in [0.3, 0.4) is 0 Å². The van der Waals surface area contributed by atoms with Gasteiger partial charge in [-0.2, -0.15) is 4.37 Å². The Balaban J connectivity index is 1.03. The fourth-order valence-electron chi connectivity index (χ4n) is 4.59. The molecule has 1 aromatic heterocycles. The Labute approximate surface area is 193 Å². The largest absolute Gasteiger partial charge is 0.353 e. The summed E-state index contributed by atoms with van der Waals surface area (Å²) in [5, 5.41) is 4.36. The Kier molecular flexibility index (Phi) is 6.23. The molecule has 2 heterocycles. The van der Waals surface area contributed by atoms with Crippen LogP contribution in [0.4, 0.5) is 5.82 Å². The van der Waals surface area contributed by atoms with Gasteiger partial charge in [0.05, 0.1) is 4.70 Å². The lowest BCUT2D eigenvalue weighted by Crippen LogP contribution is -2.47. The third-order valence-electron chi connectivity index (χ3n) is 6.60. The summed E-state index contributed by atoms with van der Waals surface area (Å²) in [6.07, 6.45) is 4.75. The van der Waals surface area contributed by atoms with E-state index in [9.17, 15) is 4.79 Å². The lowest BCUT2D eigenvalue weighted by atomic mass is 10.1. The van der Waals surface area contributed by atoms with Gasteiger partial charge in [-0.3, -0.25) is 9.69 Å². The standard InChI is InChI=1S/C26H30N4OS/c1-19-5-4-6-20(15-19)9-10-25(31)27-17-21-16-22(21)18-29-11-13-30(14-12-29)26-23-7-2-3-8-24(23)32-28-26/h2-10,15,21-22H,11-14,16-18H2,1H3,(H,27,31). The minimum atomic E-state index is 0.00117. The van der Waals surface area contributed by atoms with Crippen molar-refractivity contribution in [1.82, 2.24) is 14.6 Å². The van der Waals surface area contributed by atoms with Gasteiger partial charge in [-0.25, -0.2) is 0 Å². The van der Waals surface area contributed by atoms with Gasteiger partial charge in [0.1, 0.15) is 5.82 Å². The molecular weight excluding hydrogens is 416 g/mol. The zero-order valence-electron chi connectivity index (χ0n) is 18.5. The molecule has 32 heavy (non-hydrogen) atoms. The van der Waals surface area contributed by atoms with Crippen molar-refractivity contribution >= 4 is 39.4 Å². The van der Waals surface area contributed by atoms with Crippen molar-refractivity contribution in [2.75, 3.05) is 44.2 Å². The summed E-state index contributed by atoms with van der Waals surface area (Å²) in [6, 6.07) is 16.7. The Hall–Kier alpha value is -2.70. The minimum Gasteiger partial charge on any atom is -0.353 e. The molecule has 2 unspecified atom stereocenters. The minimum absolute atomic E-state index is 0.00117. The number of hydrogen-bond donors (Lipinski definition) is 1. The Morgan fingerprint density at radius 3 is 2.81 bits per heavy atom. The fraction of sp³-hybridized carbons (Fsp3) is 0.385. The molecule has 5 rings (SSSR count). The summed E-state index contributed by atoms with van der Waals surface area (Å²) in [7, 11) is 0. The molecule has 3 aromatic rings. The van der Waals surface area contributed by atoms with E-state index in [0.29, 0.717) is 11.8 Å². The summed E-state index contributed by atoms with van der Waals surface area (Å²) in [6.45, 7) is 8.22. The van der Waals surface area contributed by atoms with Crippen molar-refractivity contribution in [2.45, 2.75) is 13.3 Å². The van der Waals surface area contributed by atoms with E-state index < -0.39 is 0 Å². The first-order valence-electron chi connectivity index (χ1n) is 11.5. The number of aromatic nitrogens is 1. The van der Waals surface area contributed by atoms with Crippen molar-refractivity contribution in [1.29, 1.82) is 0 Å². The van der Waals surface area contributed by atoms with Gasteiger partial charge in [0.15, 0.2) is 0 Å². The molecule has 2 fully saturated rings. The van der Waals surface area contributed by atoms with Gasteiger partial charge in [0, 0.05) is 50.7 Å². The fourth-order valence-corrected chi connectivity index (χ4v) is 5.39. The molecule has 5 nitrogen and oxygen atoms in total. The maximum absolute atomic E-state index is 12.2. The van der Waals surface area contributed by atoms with E-state index in [0.717, 1.165) is 50.6 Å². The summed E-state index contributed by atoms with van der Waals surface area (Å²) < 4.78 is 5.98. The topological polar surface area (TPSA) is 48.5 Å². The summed E-state index contributed by atoms with van der Waals surface area (Å²) >= 11 is 1.60. The molecule has 0 bridgehead atoms. The number of amides is 1. The molecule has 6 heteroatoms. The number of benzene rings is 2. The second-order valence-corrected chi connectivity index (χ2v) is 9.84. The second-order valence-electron chi connectivity index (χ2n) is 9.04. The molecule has 2 aromatic carbocycles. The number of fused-ring (bicyclic) bond motifs is 1. The van der Waals surface area contributed by atoms with E-state index in [4.69, 9.17) is 4.37 Å². The number of anilines is 1. The van der Waals surface area contributed by atoms with Crippen LogP contribution < -0.4 is 10.2 Å². The number of rotatable bonds is 7. The SMILES string of the molecule is Cc1cccc(C=CC(=O)NCC2CC2CN2CCN(c3nsc4ccccc34)CC2)c1. The molecule has 1 aliphatic carbocycles. The maximum atomic E-state index is 12.2. The highest BCUT2D eigenvalue weighted by Gasteiger charge is 2.38. The predicted octanol–water partition coefficient (Wildman–Crippen LogP) is 4.19. The van der Waals surface area contributed by atoms with E-state index in [1.165, 1.54) is 22.1 Å². The highest BCUT2D eigenvalue weighted by molar-refractivity contribution is 7.13. The van der Waals surface area contributed by atoms with Gasteiger partial charge < -0.3 is 10.2 Å². The van der Waals surface area contributed by atoms with Crippen LogP contribution >= 0.6 is 11.5 Å². The van der Waals surface area contributed by atoms with Crippen LogP contribution in [0.2, 0.25) is 0 Å². The lowest BCUT2D eigenvalue weighted by Gasteiger charge is -2.35. The first-order valence-corrected chi connectivity index (χ1v) is 12.3. The molecular formula is C26H30N4OS. The van der Waals surface area contributed by atoms with Crippen LogP contribution in [0.1, 0.15) is 17.5 Å². The average Bonchev–Trinajstić information content (AvgIpc) is 3.41. The molecule has 1 aliphatic heterocycles. The average molecular weight is 447 g/mol.